The average molecular weight is 362 g/mol. The Morgan fingerprint density at radius 1 is 1.00 bits per heavy atom. The molecule has 1 amide bonds. The third-order valence-corrected chi connectivity index (χ3v) is 3.84. The number of hydrogen-bond donors (Lipinski definition) is 1. The van der Waals surface area contributed by atoms with Crippen LogP contribution in [0.5, 0.6) is 0 Å². The summed E-state index contributed by atoms with van der Waals surface area (Å²) in [6.07, 6.45) is 0. The van der Waals surface area contributed by atoms with Gasteiger partial charge in [0.1, 0.15) is 0 Å². The van der Waals surface area contributed by atoms with Crippen molar-refractivity contribution in [3.63, 3.8) is 0 Å². The lowest BCUT2D eigenvalue weighted by Gasteiger charge is -2.11. The Kier molecular flexibility index (Phi) is 6.14. The standard InChI is InChI=1S/C18H16ClNO5/c1-11-14(19)8-5-9-15(11)20-16(21)10-25-18(23)13-7-4-3-6-12(13)17(22)24-2/h3-9H,10H2,1-2H3,(H,20,21). The van der Waals surface area contributed by atoms with E-state index in [1.807, 2.05) is 0 Å². The molecule has 0 aliphatic heterocycles. The van der Waals surface area contributed by atoms with Gasteiger partial charge in [0, 0.05) is 10.7 Å². The van der Waals surface area contributed by atoms with Crippen LogP contribution in [0.3, 0.4) is 0 Å². The zero-order valence-corrected chi connectivity index (χ0v) is 14.4. The first-order chi connectivity index (χ1) is 11.9. The summed E-state index contributed by atoms with van der Waals surface area (Å²) >= 11 is 5.99. The number of halogens is 1. The first-order valence-corrected chi connectivity index (χ1v) is 7.71. The van der Waals surface area contributed by atoms with Crippen molar-refractivity contribution < 1.29 is 23.9 Å². The fourth-order valence-corrected chi connectivity index (χ4v) is 2.26. The number of nitrogens with one attached hydrogen (secondary N) is 1. The molecule has 0 aliphatic rings. The molecule has 25 heavy (non-hydrogen) atoms. The highest BCUT2D eigenvalue weighted by atomic mass is 35.5. The summed E-state index contributed by atoms with van der Waals surface area (Å²) in [4.78, 5) is 35.8. The maximum atomic E-state index is 12.1. The van der Waals surface area contributed by atoms with Gasteiger partial charge in [-0.2, -0.15) is 0 Å². The van der Waals surface area contributed by atoms with Crippen LogP contribution in [0.4, 0.5) is 5.69 Å². The van der Waals surface area contributed by atoms with E-state index in [0.29, 0.717) is 16.3 Å². The predicted molar refractivity (Wildman–Crippen MR) is 92.9 cm³/mol. The van der Waals surface area contributed by atoms with Crippen LogP contribution < -0.4 is 5.32 Å². The van der Waals surface area contributed by atoms with Crippen LogP contribution in [-0.2, 0) is 14.3 Å². The minimum Gasteiger partial charge on any atom is -0.465 e. The van der Waals surface area contributed by atoms with Crippen molar-refractivity contribution in [3.8, 4) is 0 Å². The summed E-state index contributed by atoms with van der Waals surface area (Å²) in [5.74, 6) is -1.97. The van der Waals surface area contributed by atoms with Gasteiger partial charge >= 0.3 is 11.9 Å². The minimum atomic E-state index is -0.793. The Balaban J connectivity index is 2.02. The lowest BCUT2D eigenvalue weighted by molar-refractivity contribution is -0.119. The van der Waals surface area contributed by atoms with Crippen LogP contribution in [0, 0.1) is 6.92 Å². The second-order valence-corrected chi connectivity index (χ2v) is 5.48. The van der Waals surface area contributed by atoms with Crippen LogP contribution in [0.1, 0.15) is 26.3 Å². The van der Waals surface area contributed by atoms with E-state index < -0.39 is 24.5 Å². The summed E-state index contributed by atoms with van der Waals surface area (Å²) in [6.45, 7) is 1.26. The number of rotatable bonds is 5. The Bertz CT molecular complexity index is 819. The van der Waals surface area contributed by atoms with E-state index >= 15 is 0 Å². The van der Waals surface area contributed by atoms with Gasteiger partial charge in [-0.25, -0.2) is 9.59 Å². The van der Waals surface area contributed by atoms with Crippen molar-refractivity contribution in [3.05, 3.63) is 64.2 Å². The molecule has 0 aromatic heterocycles. The highest BCUT2D eigenvalue weighted by Gasteiger charge is 2.19. The Hall–Kier alpha value is -2.86. The molecule has 0 saturated carbocycles. The van der Waals surface area contributed by atoms with Gasteiger partial charge in [-0.1, -0.05) is 29.8 Å². The van der Waals surface area contributed by atoms with Crippen molar-refractivity contribution in [2.75, 3.05) is 19.0 Å². The maximum Gasteiger partial charge on any atom is 0.339 e. The van der Waals surface area contributed by atoms with Gasteiger partial charge in [-0.3, -0.25) is 4.79 Å². The number of carbonyl (C=O) groups is 3. The van der Waals surface area contributed by atoms with Crippen molar-refractivity contribution in [1.82, 2.24) is 0 Å². The highest BCUT2D eigenvalue weighted by Crippen LogP contribution is 2.22. The van der Waals surface area contributed by atoms with E-state index in [1.54, 1.807) is 37.3 Å². The van der Waals surface area contributed by atoms with Crippen LogP contribution in [0.25, 0.3) is 0 Å². The van der Waals surface area contributed by atoms with Crippen LogP contribution in [0.15, 0.2) is 42.5 Å². The molecule has 0 fully saturated rings. The monoisotopic (exact) mass is 361 g/mol. The van der Waals surface area contributed by atoms with Gasteiger partial charge in [-0.15, -0.1) is 0 Å². The molecule has 0 radical (unpaired) electrons. The summed E-state index contributed by atoms with van der Waals surface area (Å²) in [6, 6.07) is 11.1. The van der Waals surface area contributed by atoms with E-state index in [-0.39, 0.29) is 11.1 Å². The zero-order valence-electron chi connectivity index (χ0n) is 13.7. The van der Waals surface area contributed by atoms with Crippen LogP contribution >= 0.6 is 11.6 Å². The number of ether oxygens (including phenoxy) is 2. The van der Waals surface area contributed by atoms with Crippen molar-refractivity contribution >= 4 is 35.1 Å². The van der Waals surface area contributed by atoms with Gasteiger partial charge in [0.05, 0.1) is 18.2 Å². The molecule has 0 heterocycles. The van der Waals surface area contributed by atoms with Gasteiger partial charge in [0.15, 0.2) is 6.61 Å². The second kappa shape index (κ2) is 8.30. The second-order valence-electron chi connectivity index (χ2n) is 5.07. The van der Waals surface area contributed by atoms with E-state index in [0.717, 1.165) is 0 Å². The Morgan fingerprint density at radius 2 is 1.64 bits per heavy atom. The van der Waals surface area contributed by atoms with Crippen molar-refractivity contribution in [1.29, 1.82) is 0 Å². The van der Waals surface area contributed by atoms with Gasteiger partial charge < -0.3 is 14.8 Å². The topological polar surface area (TPSA) is 81.7 Å². The first kappa shape index (κ1) is 18.5. The fourth-order valence-electron chi connectivity index (χ4n) is 2.09. The zero-order chi connectivity index (χ0) is 18.4. The lowest BCUT2D eigenvalue weighted by Crippen LogP contribution is -2.22. The molecule has 0 spiro atoms. The maximum absolute atomic E-state index is 12.1. The van der Waals surface area contributed by atoms with Crippen LogP contribution in [-0.4, -0.2) is 31.6 Å². The highest BCUT2D eigenvalue weighted by molar-refractivity contribution is 6.31. The molecule has 0 aliphatic carbocycles. The molecule has 0 saturated heterocycles. The molecule has 0 bridgehead atoms. The molecular weight excluding hydrogens is 346 g/mol. The fraction of sp³-hybridized carbons (Fsp3) is 0.167. The quantitative estimate of drug-likeness (QED) is 0.827. The number of esters is 2. The molecule has 7 heteroatoms. The predicted octanol–water partition coefficient (Wildman–Crippen LogP) is 3.23. The number of carbonyl (C=O) groups excluding carboxylic acids is 3. The van der Waals surface area contributed by atoms with Crippen LogP contribution in [0.2, 0.25) is 5.02 Å². The molecule has 1 N–H and O–H groups in total. The van der Waals surface area contributed by atoms with Gasteiger partial charge in [0.2, 0.25) is 0 Å². The molecule has 6 nitrogen and oxygen atoms in total. The lowest BCUT2D eigenvalue weighted by atomic mass is 10.1. The third-order valence-electron chi connectivity index (χ3n) is 3.43. The summed E-state index contributed by atoms with van der Waals surface area (Å²) in [5.41, 5.74) is 1.34. The Labute approximate surface area is 149 Å². The average Bonchev–Trinajstić information content (AvgIpc) is 2.63. The number of amides is 1. The number of benzene rings is 2. The SMILES string of the molecule is COC(=O)c1ccccc1C(=O)OCC(=O)Nc1cccc(Cl)c1C. The van der Waals surface area contributed by atoms with Gasteiger partial charge in [0.25, 0.3) is 5.91 Å². The minimum absolute atomic E-state index is 0.0288. The summed E-state index contributed by atoms with van der Waals surface area (Å²) in [5, 5.41) is 3.13. The molecule has 2 aromatic rings. The van der Waals surface area contributed by atoms with Crippen molar-refractivity contribution in [2.24, 2.45) is 0 Å². The van der Waals surface area contributed by atoms with E-state index in [4.69, 9.17) is 16.3 Å². The number of hydrogen-bond acceptors (Lipinski definition) is 5. The Morgan fingerprint density at radius 3 is 2.28 bits per heavy atom. The molecule has 130 valence electrons. The number of methoxy groups -OCH3 is 1. The molecule has 2 aromatic carbocycles. The molecule has 0 atom stereocenters. The summed E-state index contributed by atoms with van der Waals surface area (Å²) in [7, 11) is 1.21. The van der Waals surface area contributed by atoms with Crippen molar-refractivity contribution in [2.45, 2.75) is 6.92 Å². The molecule has 0 unspecified atom stereocenters. The van der Waals surface area contributed by atoms with E-state index in [2.05, 4.69) is 10.1 Å². The first-order valence-electron chi connectivity index (χ1n) is 7.33. The normalized spacial score (nSPS) is 10.0. The molecule has 2 rings (SSSR count). The smallest absolute Gasteiger partial charge is 0.339 e. The van der Waals surface area contributed by atoms with E-state index in [9.17, 15) is 14.4 Å². The largest absolute Gasteiger partial charge is 0.465 e. The van der Waals surface area contributed by atoms with Gasteiger partial charge in [-0.05, 0) is 36.8 Å². The van der Waals surface area contributed by atoms with E-state index in [1.165, 1.54) is 19.2 Å². The molecular formula is C18H16ClNO5. The summed E-state index contributed by atoms with van der Waals surface area (Å²) < 4.78 is 9.59. The number of anilines is 1. The third kappa shape index (κ3) is 4.58.